The van der Waals surface area contributed by atoms with E-state index in [2.05, 4.69) is 15.5 Å². The summed E-state index contributed by atoms with van der Waals surface area (Å²) in [6.07, 6.45) is 3.03. The lowest BCUT2D eigenvalue weighted by Crippen LogP contribution is -2.18. The maximum Gasteiger partial charge on any atom is 0.359 e. The molecule has 0 unspecified atom stereocenters. The van der Waals surface area contributed by atoms with Crippen LogP contribution in [0, 0.1) is 0 Å². The van der Waals surface area contributed by atoms with Crippen LogP contribution in [0.15, 0.2) is 76.7 Å². The van der Waals surface area contributed by atoms with Crippen molar-refractivity contribution >= 4 is 17.4 Å². The maximum absolute atomic E-state index is 11.9. The number of carbonyl (C=O) groups excluding carboxylic acids is 1. The van der Waals surface area contributed by atoms with E-state index >= 15 is 0 Å². The van der Waals surface area contributed by atoms with Crippen LogP contribution in [0.2, 0.25) is 0 Å². The quantitative estimate of drug-likeness (QED) is 0.443. The van der Waals surface area contributed by atoms with Gasteiger partial charge in [-0.05, 0) is 24.3 Å². The normalized spacial score (nSPS) is 11.1. The molecule has 24 heavy (non-hydrogen) atoms. The highest BCUT2D eigenvalue weighted by atomic mass is 16.5. The number of rotatable bonds is 5. The van der Waals surface area contributed by atoms with Gasteiger partial charge >= 0.3 is 5.97 Å². The van der Waals surface area contributed by atoms with Crippen LogP contribution in [0.25, 0.3) is 11.3 Å². The number of carbonyl (C=O) groups is 1. The van der Waals surface area contributed by atoms with E-state index in [1.54, 1.807) is 18.3 Å². The SMILES string of the molecule is COC(=O)/C(=N\Nc1ccc(-c2cnco2)cc1)c1ccccc1. The van der Waals surface area contributed by atoms with Crippen molar-refractivity contribution in [1.29, 1.82) is 0 Å². The van der Waals surface area contributed by atoms with Gasteiger partial charge in [0.1, 0.15) is 0 Å². The third kappa shape index (κ3) is 3.49. The molecule has 120 valence electrons. The molecular weight excluding hydrogens is 306 g/mol. The molecule has 0 radical (unpaired) electrons. The summed E-state index contributed by atoms with van der Waals surface area (Å²) in [5, 5.41) is 4.18. The smallest absolute Gasteiger partial charge is 0.359 e. The molecule has 0 saturated heterocycles. The van der Waals surface area contributed by atoms with Gasteiger partial charge in [0.2, 0.25) is 0 Å². The summed E-state index contributed by atoms with van der Waals surface area (Å²) in [6, 6.07) is 16.5. The van der Waals surface area contributed by atoms with E-state index in [9.17, 15) is 4.79 Å². The predicted octanol–water partition coefficient (Wildman–Crippen LogP) is 3.33. The lowest BCUT2D eigenvalue weighted by atomic mass is 10.1. The number of anilines is 1. The summed E-state index contributed by atoms with van der Waals surface area (Å²) in [4.78, 5) is 15.8. The number of hydrazone groups is 1. The lowest BCUT2D eigenvalue weighted by Gasteiger charge is -2.06. The molecule has 0 atom stereocenters. The number of nitrogens with zero attached hydrogens (tertiary/aromatic N) is 2. The Balaban J connectivity index is 1.80. The first-order valence-corrected chi connectivity index (χ1v) is 7.24. The number of aromatic nitrogens is 1. The van der Waals surface area contributed by atoms with Crippen LogP contribution in [0.5, 0.6) is 0 Å². The molecule has 0 aliphatic carbocycles. The first-order valence-electron chi connectivity index (χ1n) is 7.24. The Morgan fingerprint density at radius 3 is 2.50 bits per heavy atom. The largest absolute Gasteiger partial charge is 0.464 e. The summed E-state index contributed by atoms with van der Waals surface area (Å²) in [5.41, 5.74) is 5.39. The van der Waals surface area contributed by atoms with Gasteiger partial charge in [0.25, 0.3) is 0 Å². The summed E-state index contributed by atoms with van der Waals surface area (Å²) >= 11 is 0. The lowest BCUT2D eigenvalue weighted by molar-refractivity contribution is -0.132. The molecule has 6 heteroatoms. The van der Waals surface area contributed by atoms with Crippen molar-refractivity contribution < 1.29 is 13.9 Å². The van der Waals surface area contributed by atoms with Gasteiger partial charge in [0.05, 0.1) is 19.0 Å². The van der Waals surface area contributed by atoms with E-state index in [4.69, 9.17) is 9.15 Å². The first-order chi connectivity index (χ1) is 11.8. The molecule has 1 heterocycles. The zero-order valence-electron chi connectivity index (χ0n) is 13.0. The predicted molar refractivity (Wildman–Crippen MR) is 90.6 cm³/mol. The highest BCUT2D eigenvalue weighted by Crippen LogP contribution is 2.20. The molecule has 0 bridgehead atoms. The van der Waals surface area contributed by atoms with Gasteiger partial charge in [-0.1, -0.05) is 30.3 Å². The van der Waals surface area contributed by atoms with Gasteiger partial charge in [-0.3, -0.25) is 5.43 Å². The third-order valence-corrected chi connectivity index (χ3v) is 3.32. The molecule has 0 aliphatic rings. The second-order valence-electron chi connectivity index (χ2n) is 4.87. The van der Waals surface area contributed by atoms with Crippen LogP contribution >= 0.6 is 0 Å². The number of oxazole rings is 1. The van der Waals surface area contributed by atoms with Crippen molar-refractivity contribution in [3.63, 3.8) is 0 Å². The third-order valence-electron chi connectivity index (χ3n) is 3.32. The van der Waals surface area contributed by atoms with Crippen LogP contribution in [0.3, 0.4) is 0 Å². The monoisotopic (exact) mass is 321 g/mol. The van der Waals surface area contributed by atoms with E-state index in [1.807, 2.05) is 42.5 Å². The summed E-state index contributed by atoms with van der Waals surface area (Å²) in [5.74, 6) is 0.177. The molecular formula is C18H15N3O3. The average molecular weight is 321 g/mol. The van der Waals surface area contributed by atoms with E-state index in [0.29, 0.717) is 11.3 Å². The second-order valence-corrected chi connectivity index (χ2v) is 4.87. The topological polar surface area (TPSA) is 76.7 Å². The Bertz CT molecular complexity index is 826. The Labute approximate surface area is 138 Å². The van der Waals surface area contributed by atoms with Crippen molar-refractivity contribution in [2.75, 3.05) is 12.5 Å². The number of benzene rings is 2. The molecule has 2 aromatic carbocycles. The molecule has 0 amide bonds. The minimum Gasteiger partial charge on any atom is -0.464 e. The van der Waals surface area contributed by atoms with E-state index in [-0.39, 0.29) is 5.71 Å². The van der Waals surface area contributed by atoms with Crippen LogP contribution in [0.4, 0.5) is 5.69 Å². The maximum atomic E-state index is 11.9. The summed E-state index contributed by atoms with van der Waals surface area (Å²) in [6.45, 7) is 0. The highest BCUT2D eigenvalue weighted by Gasteiger charge is 2.14. The molecule has 3 aromatic rings. The molecule has 0 spiro atoms. The zero-order valence-corrected chi connectivity index (χ0v) is 13.0. The van der Waals surface area contributed by atoms with Crippen molar-refractivity contribution in [1.82, 2.24) is 4.98 Å². The van der Waals surface area contributed by atoms with Crippen molar-refractivity contribution in [3.8, 4) is 11.3 Å². The number of esters is 1. The van der Waals surface area contributed by atoms with E-state index < -0.39 is 5.97 Å². The Morgan fingerprint density at radius 2 is 1.88 bits per heavy atom. The van der Waals surface area contributed by atoms with Crippen molar-refractivity contribution in [2.24, 2.45) is 5.10 Å². The van der Waals surface area contributed by atoms with Gasteiger partial charge in [-0.15, -0.1) is 0 Å². The van der Waals surface area contributed by atoms with Gasteiger partial charge < -0.3 is 9.15 Å². The van der Waals surface area contributed by atoms with Crippen LogP contribution < -0.4 is 5.43 Å². The zero-order chi connectivity index (χ0) is 16.8. The molecule has 6 nitrogen and oxygen atoms in total. The fourth-order valence-electron chi connectivity index (χ4n) is 2.11. The Hall–Kier alpha value is -3.41. The Morgan fingerprint density at radius 1 is 1.12 bits per heavy atom. The summed E-state index contributed by atoms with van der Waals surface area (Å²) < 4.78 is 10.0. The van der Waals surface area contributed by atoms with Crippen LogP contribution in [-0.2, 0) is 9.53 Å². The molecule has 1 aromatic heterocycles. The van der Waals surface area contributed by atoms with Crippen molar-refractivity contribution in [2.45, 2.75) is 0 Å². The molecule has 0 saturated carbocycles. The number of hydrogen-bond acceptors (Lipinski definition) is 6. The van der Waals surface area contributed by atoms with Gasteiger partial charge in [-0.2, -0.15) is 5.10 Å². The van der Waals surface area contributed by atoms with Crippen LogP contribution in [-0.4, -0.2) is 23.8 Å². The van der Waals surface area contributed by atoms with Gasteiger partial charge in [-0.25, -0.2) is 9.78 Å². The number of hydrogen-bond donors (Lipinski definition) is 1. The van der Waals surface area contributed by atoms with E-state index in [1.165, 1.54) is 13.5 Å². The number of ether oxygens (including phenoxy) is 1. The minimum absolute atomic E-state index is 0.206. The molecule has 0 fully saturated rings. The van der Waals surface area contributed by atoms with Crippen LogP contribution in [0.1, 0.15) is 5.56 Å². The van der Waals surface area contributed by atoms with E-state index in [0.717, 1.165) is 11.3 Å². The fraction of sp³-hybridized carbons (Fsp3) is 0.0556. The summed E-state index contributed by atoms with van der Waals surface area (Å²) in [7, 11) is 1.33. The van der Waals surface area contributed by atoms with Gasteiger partial charge in [0, 0.05) is 11.1 Å². The van der Waals surface area contributed by atoms with Gasteiger partial charge in [0.15, 0.2) is 17.9 Å². The average Bonchev–Trinajstić information content (AvgIpc) is 3.18. The number of nitrogens with one attached hydrogen (secondary N) is 1. The number of methoxy groups -OCH3 is 1. The molecule has 1 N–H and O–H groups in total. The first kappa shape index (κ1) is 15.5. The fourth-order valence-corrected chi connectivity index (χ4v) is 2.11. The standard InChI is InChI=1S/C18H15N3O3/c1-23-18(22)17(14-5-3-2-4-6-14)21-20-15-9-7-13(8-10-15)16-11-19-12-24-16/h2-12,20H,1H3/b21-17-. The minimum atomic E-state index is -0.507. The molecule has 3 rings (SSSR count). The Kier molecular flexibility index (Phi) is 4.67. The molecule has 0 aliphatic heterocycles. The highest BCUT2D eigenvalue weighted by molar-refractivity contribution is 6.43. The second kappa shape index (κ2) is 7.23. The van der Waals surface area contributed by atoms with Crippen molar-refractivity contribution in [3.05, 3.63) is 72.8 Å².